The number of nitro groups is 1. The summed E-state index contributed by atoms with van der Waals surface area (Å²) in [4.78, 5) is 10.7. The van der Waals surface area contributed by atoms with Crippen LogP contribution in [0.2, 0.25) is 0 Å². The maximum Gasteiger partial charge on any atom is 0.274 e. The predicted molar refractivity (Wildman–Crippen MR) is 87.6 cm³/mol. The maximum absolute atomic E-state index is 11.0. The third-order valence-electron chi connectivity index (χ3n) is 3.33. The second-order valence-electron chi connectivity index (χ2n) is 4.92. The summed E-state index contributed by atoms with van der Waals surface area (Å²) in [6, 6.07) is 7.41. The van der Waals surface area contributed by atoms with Gasteiger partial charge in [0, 0.05) is 34.5 Å². The Morgan fingerprint density at radius 3 is 2.86 bits per heavy atom. The lowest BCUT2D eigenvalue weighted by molar-refractivity contribution is -0.385. The van der Waals surface area contributed by atoms with Crippen molar-refractivity contribution in [1.82, 2.24) is 4.57 Å². The number of aryl methyl sites for hydroxylation is 2. The summed E-state index contributed by atoms with van der Waals surface area (Å²) in [7, 11) is 0. The number of anilines is 1. The molecule has 0 fully saturated rings. The van der Waals surface area contributed by atoms with E-state index in [1.165, 1.54) is 0 Å². The maximum atomic E-state index is 11.0. The van der Waals surface area contributed by atoms with Gasteiger partial charge in [0.05, 0.1) is 17.2 Å². The average Bonchev–Trinajstić information content (AvgIpc) is 2.85. The fraction of sp³-hybridized carbons (Fsp3) is 0.333. The zero-order valence-electron chi connectivity index (χ0n) is 12.1. The highest BCUT2D eigenvalue weighted by atomic mass is 79.9. The molecule has 2 rings (SSSR count). The van der Waals surface area contributed by atoms with Crippen molar-refractivity contribution in [2.75, 3.05) is 5.32 Å². The second kappa shape index (κ2) is 6.76. The van der Waals surface area contributed by atoms with Gasteiger partial charge in [-0.2, -0.15) is 0 Å². The van der Waals surface area contributed by atoms with E-state index in [1.54, 1.807) is 19.1 Å². The van der Waals surface area contributed by atoms with Gasteiger partial charge in [0.1, 0.15) is 0 Å². The molecule has 5 nitrogen and oxygen atoms in total. The van der Waals surface area contributed by atoms with Crippen molar-refractivity contribution in [2.24, 2.45) is 0 Å². The molecule has 0 aliphatic carbocycles. The summed E-state index contributed by atoms with van der Waals surface area (Å²) in [5.41, 5.74) is 2.67. The van der Waals surface area contributed by atoms with E-state index in [0.717, 1.165) is 28.8 Å². The van der Waals surface area contributed by atoms with Gasteiger partial charge >= 0.3 is 0 Å². The van der Waals surface area contributed by atoms with Crippen LogP contribution in [-0.2, 0) is 13.1 Å². The van der Waals surface area contributed by atoms with Crippen LogP contribution in [-0.4, -0.2) is 9.49 Å². The first-order chi connectivity index (χ1) is 10.0. The molecule has 112 valence electrons. The number of halogens is 1. The Bertz CT molecular complexity index is 652. The third kappa shape index (κ3) is 3.64. The minimum absolute atomic E-state index is 0.129. The van der Waals surface area contributed by atoms with E-state index in [0.29, 0.717) is 12.1 Å². The van der Waals surface area contributed by atoms with Crippen LogP contribution in [0, 0.1) is 17.0 Å². The molecule has 0 atom stereocenters. The minimum Gasteiger partial charge on any atom is -0.378 e. The Labute approximate surface area is 132 Å². The first kappa shape index (κ1) is 15.6. The molecule has 0 saturated carbocycles. The molecule has 0 bridgehead atoms. The van der Waals surface area contributed by atoms with E-state index < -0.39 is 0 Å². The monoisotopic (exact) mass is 351 g/mol. The first-order valence-electron chi connectivity index (χ1n) is 6.85. The summed E-state index contributed by atoms with van der Waals surface area (Å²) in [5, 5.41) is 14.3. The number of rotatable bonds is 6. The Kier molecular flexibility index (Phi) is 5.01. The molecule has 0 spiro atoms. The van der Waals surface area contributed by atoms with E-state index in [2.05, 4.69) is 38.8 Å². The molecule has 21 heavy (non-hydrogen) atoms. The van der Waals surface area contributed by atoms with E-state index in [-0.39, 0.29) is 10.6 Å². The molecule has 6 heteroatoms. The van der Waals surface area contributed by atoms with Crippen molar-refractivity contribution >= 4 is 27.3 Å². The van der Waals surface area contributed by atoms with Gasteiger partial charge in [0.15, 0.2) is 0 Å². The molecule has 1 aromatic carbocycles. The van der Waals surface area contributed by atoms with Crippen molar-refractivity contribution < 1.29 is 4.92 Å². The largest absolute Gasteiger partial charge is 0.378 e. The first-order valence-corrected chi connectivity index (χ1v) is 7.64. The summed E-state index contributed by atoms with van der Waals surface area (Å²) in [5.74, 6) is 0. The van der Waals surface area contributed by atoms with Gasteiger partial charge < -0.3 is 9.88 Å². The van der Waals surface area contributed by atoms with Gasteiger partial charge in [-0.25, -0.2) is 0 Å². The van der Waals surface area contributed by atoms with Crippen molar-refractivity contribution in [2.45, 2.75) is 33.4 Å². The Hall–Kier alpha value is -1.82. The lowest BCUT2D eigenvalue weighted by Crippen LogP contribution is -2.07. The van der Waals surface area contributed by atoms with Crippen LogP contribution in [0.25, 0.3) is 0 Å². The van der Waals surface area contributed by atoms with Crippen LogP contribution in [0.3, 0.4) is 0 Å². The normalized spacial score (nSPS) is 10.6. The molecule has 0 saturated heterocycles. The molecule has 1 N–H and O–H groups in total. The Balaban J connectivity index is 2.18. The van der Waals surface area contributed by atoms with Crippen LogP contribution >= 0.6 is 15.9 Å². The molecule has 0 aliphatic rings. The second-order valence-corrected chi connectivity index (χ2v) is 5.78. The van der Waals surface area contributed by atoms with Crippen LogP contribution in [0.15, 0.2) is 34.9 Å². The Morgan fingerprint density at radius 2 is 2.19 bits per heavy atom. The summed E-state index contributed by atoms with van der Waals surface area (Å²) in [6.45, 7) is 5.47. The highest BCUT2D eigenvalue weighted by Crippen LogP contribution is 2.30. The molecule has 1 heterocycles. The van der Waals surface area contributed by atoms with Gasteiger partial charge in [0.2, 0.25) is 0 Å². The quantitative estimate of drug-likeness (QED) is 0.616. The summed E-state index contributed by atoms with van der Waals surface area (Å²) in [6.07, 6.45) is 3.12. The van der Waals surface area contributed by atoms with Gasteiger partial charge in [-0.1, -0.05) is 6.92 Å². The zero-order valence-corrected chi connectivity index (χ0v) is 13.7. The van der Waals surface area contributed by atoms with Crippen molar-refractivity contribution in [3.05, 3.63) is 56.3 Å². The van der Waals surface area contributed by atoms with E-state index in [9.17, 15) is 10.1 Å². The predicted octanol–water partition coefficient (Wildman–Crippen LogP) is 4.49. The fourth-order valence-electron chi connectivity index (χ4n) is 2.25. The number of nitrogens with zero attached hydrogens (tertiary/aromatic N) is 2. The fourth-order valence-corrected chi connectivity index (χ4v) is 2.85. The Morgan fingerprint density at radius 1 is 1.43 bits per heavy atom. The number of hydrogen-bond acceptors (Lipinski definition) is 3. The number of benzene rings is 1. The molecular formula is C15H18BrN3O2. The van der Waals surface area contributed by atoms with E-state index in [4.69, 9.17) is 0 Å². The highest BCUT2D eigenvalue weighted by molar-refractivity contribution is 9.10. The molecule has 1 aromatic heterocycles. The highest BCUT2D eigenvalue weighted by Gasteiger charge is 2.14. The van der Waals surface area contributed by atoms with E-state index >= 15 is 0 Å². The van der Waals surface area contributed by atoms with Gasteiger partial charge in [0.25, 0.3) is 5.69 Å². The van der Waals surface area contributed by atoms with Crippen molar-refractivity contribution in [1.29, 1.82) is 0 Å². The molecule has 0 aliphatic heterocycles. The molecular weight excluding hydrogens is 334 g/mol. The number of nitro benzene ring substituents is 1. The number of aromatic nitrogens is 1. The summed E-state index contributed by atoms with van der Waals surface area (Å²) < 4.78 is 3.02. The smallest absolute Gasteiger partial charge is 0.274 e. The van der Waals surface area contributed by atoms with E-state index in [1.807, 2.05) is 12.3 Å². The minimum atomic E-state index is -0.354. The topological polar surface area (TPSA) is 60.1 Å². The standard InChI is InChI=1S/C15H18BrN3O2/c1-3-6-18-7-4-5-12(18)10-17-14-9-15(19(20)21)11(2)8-13(14)16/h4-5,7-9,17H,3,6,10H2,1-2H3. The summed E-state index contributed by atoms with van der Waals surface area (Å²) >= 11 is 3.45. The number of nitrogens with one attached hydrogen (secondary N) is 1. The molecule has 0 unspecified atom stereocenters. The van der Waals surface area contributed by atoms with Gasteiger partial charge in [-0.3, -0.25) is 10.1 Å². The SMILES string of the molecule is CCCn1cccc1CNc1cc([N+](=O)[O-])c(C)cc1Br. The number of hydrogen-bond donors (Lipinski definition) is 1. The van der Waals surface area contributed by atoms with Crippen molar-refractivity contribution in [3.63, 3.8) is 0 Å². The average molecular weight is 352 g/mol. The van der Waals surface area contributed by atoms with Gasteiger partial charge in [-0.05, 0) is 47.5 Å². The lowest BCUT2D eigenvalue weighted by Gasteiger charge is -2.12. The molecule has 0 radical (unpaired) electrons. The van der Waals surface area contributed by atoms with Crippen LogP contribution in [0.1, 0.15) is 24.6 Å². The van der Waals surface area contributed by atoms with Crippen LogP contribution in [0.4, 0.5) is 11.4 Å². The lowest BCUT2D eigenvalue weighted by atomic mass is 10.2. The molecule has 0 amide bonds. The van der Waals surface area contributed by atoms with Gasteiger partial charge in [-0.15, -0.1) is 0 Å². The van der Waals surface area contributed by atoms with Crippen molar-refractivity contribution in [3.8, 4) is 0 Å². The molecule has 2 aromatic rings. The zero-order chi connectivity index (χ0) is 15.4. The third-order valence-corrected chi connectivity index (χ3v) is 3.99. The van der Waals surface area contributed by atoms with Crippen LogP contribution in [0.5, 0.6) is 0 Å². The van der Waals surface area contributed by atoms with Crippen LogP contribution < -0.4 is 5.32 Å².